The molecule has 0 saturated carbocycles. The van der Waals surface area contributed by atoms with E-state index < -0.39 is 23.4 Å². The van der Waals surface area contributed by atoms with Gasteiger partial charge in [0.2, 0.25) is 0 Å². The van der Waals surface area contributed by atoms with Gasteiger partial charge >= 0.3 is 12.2 Å². The van der Waals surface area contributed by atoms with Crippen molar-refractivity contribution in [2.75, 3.05) is 0 Å². The van der Waals surface area contributed by atoms with E-state index in [0.29, 0.717) is 0 Å². The molecule has 2 unspecified atom stereocenters. The number of rotatable bonds is 14. The molecule has 0 radical (unpaired) electrons. The summed E-state index contributed by atoms with van der Waals surface area (Å²) in [4.78, 5) is 33.4. The minimum absolute atomic E-state index is 0.0198. The van der Waals surface area contributed by atoms with Gasteiger partial charge in [-0.15, -0.1) is 0 Å². The maximum Gasteiger partial charge on any atom is 0.434 e. The standard InChI is InChI=1S/C28H52N2O4/c1-10-13-14-15-16-17-20-22(21-29-25(31)33-27(4,5)6)23(18-11-2)24(19-12-3)30-26(32)34-28(7,8)9/h21-23H,10-20H2,1-9H3/b29-21+,30-24+. The van der Waals surface area contributed by atoms with Crippen LogP contribution in [0.2, 0.25) is 0 Å². The Kier molecular flexibility index (Phi) is 16.0. The fourth-order valence-electron chi connectivity index (χ4n) is 3.91. The highest BCUT2D eigenvalue weighted by Crippen LogP contribution is 2.27. The summed E-state index contributed by atoms with van der Waals surface area (Å²) >= 11 is 0. The molecule has 0 rings (SSSR count). The summed E-state index contributed by atoms with van der Waals surface area (Å²) in [5, 5.41) is 0. The highest BCUT2D eigenvalue weighted by molar-refractivity contribution is 5.97. The second-order valence-corrected chi connectivity index (χ2v) is 11.2. The van der Waals surface area contributed by atoms with Crippen molar-refractivity contribution < 1.29 is 19.1 Å². The molecule has 34 heavy (non-hydrogen) atoms. The van der Waals surface area contributed by atoms with Gasteiger partial charge in [0.1, 0.15) is 11.2 Å². The van der Waals surface area contributed by atoms with Gasteiger partial charge in [-0.05, 0) is 60.8 Å². The third-order valence-electron chi connectivity index (χ3n) is 5.33. The maximum atomic E-state index is 12.5. The average Bonchev–Trinajstić information content (AvgIpc) is 2.68. The van der Waals surface area contributed by atoms with Crippen molar-refractivity contribution in [3.05, 3.63) is 0 Å². The molecule has 0 saturated heterocycles. The molecule has 0 bridgehead atoms. The predicted molar refractivity (Wildman–Crippen MR) is 143 cm³/mol. The molecule has 0 aromatic rings. The Hall–Kier alpha value is -1.72. The first-order valence-electron chi connectivity index (χ1n) is 13.4. The molecule has 0 aliphatic heterocycles. The van der Waals surface area contributed by atoms with E-state index in [1.807, 2.05) is 41.5 Å². The van der Waals surface area contributed by atoms with Crippen LogP contribution in [0.5, 0.6) is 0 Å². The zero-order valence-electron chi connectivity index (χ0n) is 23.5. The van der Waals surface area contributed by atoms with Gasteiger partial charge in [-0.3, -0.25) is 0 Å². The van der Waals surface area contributed by atoms with Gasteiger partial charge in [-0.2, -0.15) is 9.98 Å². The highest BCUT2D eigenvalue weighted by atomic mass is 16.6. The summed E-state index contributed by atoms with van der Waals surface area (Å²) < 4.78 is 10.9. The summed E-state index contributed by atoms with van der Waals surface area (Å²) in [5.74, 6) is 0.0608. The molecule has 6 heteroatoms. The van der Waals surface area contributed by atoms with E-state index in [-0.39, 0.29) is 11.8 Å². The summed E-state index contributed by atoms with van der Waals surface area (Å²) in [6, 6.07) is 0. The van der Waals surface area contributed by atoms with Crippen molar-refractivity contribution in [2.45, 2.75) is 144 Å². The van der Waals surface area contributed by atoms with E-state index in [1.54, 1.807) is 6.21 Å². The van der Waals surface area contributed by atoms with Crippen LogP contribution < -0.4 is 0 Å². The molecule has 0 heterocycles. The molecule has 0 N–H and O–H groups in total. The number of amides is 2. The van der Waals surface area contributed by atoms with Crippen LogP contribution in [0.1, 0.15) is 133 Å². The van der Waals surface area contributed by atoms with Gasteiger partial charge < -0.3 is 9.47 Å². The molecule has 0 fully saturated rings. The van der Waals surface area contributed by atoms with Crippen molar-refractivity contribution in [3.8, 4) is 0 Å². The fourth-order valence-corrected chi connectivity index (χ4v) is 3.91. The Balaban J connectivity index is 5.80. The summed E-state index contributed by atoms with van der Waals surface area (Å²) in [6.45, 7) is 17.5. The highest BCUT2D eigenvalue weighted by Gasteiger charge is 2.27. The molecule has 6 nitrogen and oxygen atoms in total. The zero-order valence-corrected chi connectivity index (χ0v) is 23.5. The molecule has 2 amide bonds. The van der Waals surface area contributed by atoms with E-state index in [2.05, 4.69) is 30.8 Å². The van der Waals surface area contributed by atoms with Crippen LogP contribution in [0.15, 0.2) is 9.98 Å². The SMILES string of the molecule is CCCCCCCCC(/C=N/C(=O)OC(C)(C)C)C(CCC)/C(CCC)=N/C(=O)OC(C)(C)C. The van der Waals surface area contributed by atoms with Gasteiger partial charge in [0.15, 0.2) is 0 Å². The number of aliphatic imine (C=N–C) groups is 2. The normalized spacial score (nSPS) is 14.8. The predicted octanol–water partition coefficient (Wildman–Crippen LogP) is 8.95. The first-order valence-corrected chi connectivity index (χ1v) is 13.4. The monoisotopic (exact) mass is 480 g/mol. The number of hydrogen-bond acceptors (Lipinski definition) is 4. The topological polar surface area (TPSA) is 77.3 Å². The second-order valence-electron chi connectivity index (χ2n) is 11.2. The molecule has 0 aromatic heterocycles. The van der Waals surface area contributed by atoms with Crippen molar-refractivity contribution in [1.29, 1.82) is 0 Å². The first-order chi connectivity index (χ1) is 15.8. The first kappa shape index (κ1) is 32.3. The molecule has 0 spiro atoms. The van der Waals surface area contributed by atoms with Crippen molar-refractivity contribution in [3.63, 3.8) is 0 Å². The zero-order chi connectivity index (χ0) is 26.2. The number of ether oxygens (including phenoxy) is 2. The Morgan fingerprint density at radius 3 is 1.82 bits per heavy atom. The lowest BCUT2D eigenvalue weighted by Gasteiger charge is -2.26. The molecule has 0 aliphatic carbocycles. The van der Waals surface area contributed by atoms with Gasteiger partial charge in [-0.1, -0.05) is 72.1 Å². The Labute approximate surface area is 209 Å². The molecule has 0 aromatic carbocycles. The van der Waals surface area contributed by atoms with Gasteiger partial charge in [0.25, 0.3) is 0 Å². The third-order valence-corrected chi connectivity index (χ3v) is 5.33. The largest absolute Gasteiger partial charge is 0.442 e. The van der Waals surface area contributed by atoms with Crippen molar-refractivity contribution in [2.24, 2.45) is 21.8 Å². The maximum absolute atomic E-state index is 12.5. The van der Waals surface area contributed by atoms with E-state index >= 15 is 0 Å². The molecule has 198 valence electrons. The van der Waals surface area contributed by atoms with E-state index in [9.17, 15) is 9.59 Å². The lowest BCUT2D eigenvalue weighted by atomic mass is 9.80. The molecular weight excluding hydrogens is 428 g/mol. The van der Waals surface area contributed by atoms with Crippen molar-refractivity contribution >= 4 is 24.1 Å². The third kappa shape index (κ3) is 16.8. The van der Waals surface area contributed by atoms with Crippen LogP contribution in [-0.4, -0.2) is 35.3 Å². The van der Waals surface area contributed by atoms with E-state index in [4.69, 9.17) is 9.47 Å². The Morgan fingerprint density at radius 2 is 1.29 bits per heavy atom. The summed E-state index contributed by atoms with van der Waals surface area (Å²) in [7, 11) is 0. The molecule has 2 atom stereocenters. The smallest absolute Gasteiger partial charge is 0.434 e. The number of carbonyl (C=O) groups excluding carboxylic acids is 2. The number of nitrogens with zero attached hydrogens (tertiary/aromatic N) is 2. The summed E-state index contributed by atoms with van der Waals surface area (Å²) in [6.07, 6.45) is 12.2. The fraction of sp³-hybridized carbons (Fsp3) is 0.857. The summed E-state index contributed by atoms with van der Waals surface area (Å²) in [5.41, 5.74) is -0.323. The van der Waals surface area contributed by atoms with Gasteiger partial charge in [0.05, 0.1) is 0 Å². The molecule has 0 aliphatic rings. The van der Waals surface area contributed by atoms with Crippen LogP contribution >= 0.6 is 0 Å². The Morgan fingerprint density at radius 1 is 0.735 bits per heavy atom. The van der Waals surface area contributed by atoms with Crippen LogP contribution in [-0.2, 0) is 9.47 Å². The van der Waals surface area contributed by atoms with Crippen LogP contribution in [0.25, 0.3) is 0 Å². The van der Waals surface area contributed by atoms with Crippen LogP contribution in [0.3, 0.4) is 0 Å². The number of unbranched alkanes of at least 4 members (excludes halogenated alkanes) is 5. The number of carbonyl (C=O) groups is 2. The second kappa shape index (κ2) is 16.8. The van der Waals surface area contributed by atoms with Crippen LogP contribution in [0.4, 0.5) is 9.59 Å². The van der Waals surface area contributed by atoms with Crippen molar-refractivity contribution in [1.82, 2.24) is 0 Å². The van der Waals surface area contributed by atoms with Gasteiger partial charge in [-0.25, -0.2) is 9.59 Å². The van der Waals surface area contributed by atoms with E-state index in [1.165, 1.54) is 25.7 Å². The average molecular weight is 481 g/mol. The lowest BCUT2D eigenvalue weighted by Crippen LogP contribution is -2.29. The lowest BCUT2D eigenvalue weighted by molar-refractivity contribution is 0.0590. The quantitative estimate of drug-likeness (QED) is 0.184. The number of hydrogen-bond donors (Lipinski definition) is 0. The van der Waals surface area contributed by atoms with E-state index in [0.717, 1.165) is 50.7 Å². The van der Waals surface area contributed by atoms with Gasteiger partial charge in [0, 0.05) is 23.8 Å². The Bertz CT molecular complexity index is 642. The van der Waals surface area contributed by atoms with Crippen LogP contribution in [0, 0.1) is 11.8 Å². The molecular formula is C28H52N2O4. The minimum Gasteiger partial charge on any atom is -0.442 e. The minimum atomic E-state index is -0.589.